The summed E-state index contributed by atoms with van der Waals surface area (Å²) in [5, 5.41) is 0. The Morgan fingerprint density at radius 2 is 1.56 bits per heavy atom. The number of Topliss-reactive ketones (excluding diaryl/α,β-unsaturated/α-hetero) is 1. The fourth-order valence-electron chi connectivity index (χ4n) is 4.57. The second kappa shape index (κ2) is 7.65. The Bertz CT molecular complexity index is 795. The molecule has 4 heteroatoms. The predicted octanol–water partition coefficient (Wildman–Crippen LogP) is 3.26. The van der Waals surface area contributed by atoms with Gasteiger partial charge in [-0.3, -0.25) is 9.59 Å². The molecule has 0 saturated carbocycles. The number of fused-ring (bicyclic) bond motifs is 3. The number of hydrogen-bond acceptors (Lipinski definition) is 3. The minimum atomic E-state index is -0.160. The number of rotatable bonds is 6. The van der Waals surface area contributed by atoms with E-state index >= 15 is 0 Å². The second-order valence-corrected chi connectivity index (χ2v) is 7.95. The maximum absolute atomic E-state index is 12.7. The summed E-state index contributed by atoms with van der Waals surface area (Å²) < 4.78 is 6.63. The standard InChI is InChI=1S/C23H26NO3/c25-21(19-9-5-2-6-10-19)16-24-13-11-20(12-14-24)22(17-24)27-23(26)15-18-7-3-1-4-8-18/h1-10,20,22H,11-17H2/q+1/t20?,22-,24?/m0/s1. The lowest BCUT2D eigenvalue weighted by Crippen LogP contribution is -2.65. The number of ketones is 1. The summed E-state index contributed by atoms with van der Waals surface area (Å²) in [7, 11) is 0. The summed E-state index contributed by atoms with van der Waals surface area (Å²) in [5.74, 6) is 0.467. The monoisotopic (exact) mass is 364 g/mol. The summed E-state index contributed by atoms with van der Waals surface area (Å²) in [6.45, 7) is 3.29. The van der Waals surface area contributed by atoms with Crippen molar-refractivity contribution in [1.29, 1.82) is 0 Å². The van der Waals surface area contributed by atoms with Crippen molar-refractivity contribution in [3.05, 3.63) is 71.8 Å². The molecule has 0 aliphatic carbocycles. The third-order valence-electron chi connectivity index (χ3n) is 6.09. The van der Waals surface area contributed by atoms with Crippen LogP contribution in [0.15, 0.2) is 60.7 Å². The first-order valence-electron chi connectivity index (χ1n) is 9.80. The average Bonchev–Trinajstić information content (AvgIpc) is 2.70. The van der Waals surface area contributed by atoms with Crippen LogP contribution >= 0.6 is 0 Å². The molecule has 1 atom stereocenters. The third kappa shape index (κ3) is 4.11. The van der Waals surface area contributed by atoms with Crippen molar-refractivity contribution in [1.82, 2.24) is 0 Å². The van der Waals surface area contributed by atoms with Crippen LogP contribution in [0.5, 0.6) is 0 Å². The molecule has 0 spiro atoms. The van der Waals surface area contributed by atoms with Crippen LogP contribution in [0.4, 0.5) is 0 Å². The number of quaternary nitrogens is 1. The molecule has 2 aromatic carbocycles. The van der Waals surface area contributed by atoms with Gasteiger partial charge < -0.3 is 9.22 Å². The van der Waals surface area contributed by atoms with Crippen LogP contribution in [0.3, 0.4) is 0 Å². The van der Waals surface area contributed by atoms with E-state index < -0.39 is 0 Å². The molecule has 0 aromatic heterocycles. The normalized spacial score (nSPS) is 26.5. The molecular weight excluding hydrogens is 338 g/mol. The van der Waals surface area contributed by atoms with Crippen LogP contribution in [-0.4, -0.2) is 48.5 Å². The minimum absolute atomic E-state index is 0.0627. The van der Waals surface area contributed by atoms with E-state index in [0.29, 0.717) is 18.9 Å². The number of ether oxygens (including phenoxy) is 1. The van der Waals surface area contributed by atoms with Gasteiger partial charge in [-0.15, -0.1) is 0 Å². The van der Waals surface area contributed by atoms with E-state index in [4.69, 9.17) is 4.74 Å². The van der Waals surface area contributed by atoms with Gasteiger partial charge in [0.15, 0.2) is 6.10 Å². The molecule has 0 radical (unpaired) electrons. The van der Waals surface area contributed by atoms with E-state index in [2.05, 4.69) is 0 Å². The minimum Gasteiger partial charge on any atom is -0.456 e. The zero-order valence-corrected chi connectivity index (χ0v) is 15.5. The van der Waals surface area contributed by atoms with Gasteiger partial charge in [-0.05, 0) is 5.56 Å². The molecule has 27 heavy (non-hydrogen) atoms. The van der Waals surface area contributed by atoms with Crippen LogP contribution in [0.2, 0.25) is 0 Å². The number of nitrogens with zero attached hydrogens (tertiary/aromatic N) is 1. The molecule has 3 aliphatic rings. The van der Waals surface area contributed by atoms with Gasteiger partial charge in [0.2, 0.25) is 5.78 Å². The molecule has 3 saturated heterocycles. The molecule has 4 nitrogen and oxygen atoms in total. The van der Waals surface area contributed by atoms with E-state index in [9.17, 15) is 9.59 Å². The van der Waals surface area contributed by atoms with E-state index in [1.54, 1.807) is 0 Å². The first-order chi connectivity index (χ1) is 13.1. The van der Waals surface area contributed by atoms with Gasteiger partial charge in [-0.25, -0.2) is 0 Å². The van der Waals surface area contributed by atoms with Gasteiger partial charge >= 0.3 is 5.97 Å². The fraction of sp³-hybridized carbons (Fsp3) is 0.391. The Balaban J connectivity index is 1.40. The Morgan fingerprint density at radius 3 is 2.22 bits per heavy atom. The van der Waals surface area contributed by atoms with Crippen molar-refractivity contribution in [3.8, 4) is 0 Å². The van der Waals surface area contributed by atoms with E-state index in [-0.39, 0.29) is 17.9 Å². The van der Waals surface area contributed by atoms with Crippen LogP contribution in [-0.2, 0) is 16.0 Å². The Hall–Kier alpha value is -2.46. The molecule has 3 aliphatic heterocycles. The van der Waals surface area contributed by atoms with Crippen molar-refractivity contribution >= 4 is 11.8 Å². The lowest BCUT2D eigenvalue weighted by molar-refractivity contribution is -0.938. The SMILES string of the molecule is O=C(Cc1ccccc1)O[C@H]1C[N+]2(CC(=O)c3ccccc3)CCC1CC2. The third-order valence-corrected chi connectivity index (χ3v) is 6.09. The van der Waals surface area contributed by atoms with Gasteiger partial charge in [0.1, 0.15) is 13.1 Å². The average molecular weight is 364 g/mol. The van der Waals surface area contributed by atoms with Crippen molar-refractivity contribution in [2.75, 3.05) is 26.2 Å². The van der Waals surface area contributed by atoms with Gasteiger partial charge in [-0.1, -0.05) is 60.7 Å². The van der Waals surface area contributed by atoms with Crippen molar-refractivity contribution in [3.63, 3.8) is 0 Å². The molecule has 0 N–H and O–H groups in total. The molecule has 2 bridgehead atoms. The zero-order valence-electron chi connectivity index (χ0n) is 15.5. The highest BCUT2D eigenvalue weighted by molar-refractivity contribution is 5.96. The number of carbonyl (C=O) groups excluding carboxylic acids is 2. The molecule has 2 aromatic rings. The van der Waals surface area contributed by atoms with Gasteiger partial charge in [0.25, 0.3) is 0 Å². The molecule has 0 unspecified atom stereocenters. The molecule has 140 valence electrons. The Morgan fingerprint density at radius 1 is 0.926 bits per heavy atom. The highest BCUT2D eigenvalue weighted by Gasteiger charge is 2.48. The Labute approximate surface area is 160 Å². The Kier molecular flexibility index (Phi) is 5.08. The lowest BCUT2D eigenvalue weighted by Gasteiger charge is -2.51. The van der Waals surface area contributed by atoms with Gasteiger partial charge in [0, 0.05) is 24.3 Å². The number of esters is 1. The number of hydrogen-bond donors (Lipinski definition) is 0. The van der Waals surface area contributed by atoms with Crippen LogP contribution in [0, 0.1) is 5.92 Å². The van der Waals surface area contributed by atoms with Crippen molar-refractivity contribution in [2.45, 2.75) is 25.4 Å². The largest absolute Gasteiger partial charge is 0.456 e. The molecule has 0 amide bonds. The van der Waals surface area contributed by atoms with Crippen molar-refractivity contribution in [2.24, 2.45) is 5.92 Å². The summed E-state index contributed by atoms with van der Waals surface area (Å²) in [6.07, 6.45) is 2.32. The van der Waals surface area contributed by atoms with E-state index in [1.165, 1.54) is 0 Å². The number of carbonyl (C=O) groups is 2. The predicted molar refractivity (Wildman–Crippen MR) is 103 cm³/mol. The zero-order chi connectivity index (χ0) is 18.7. The summed E-state index contributed by atoms with van der Waals surface area (Å²) >= 11 is 0. The molecule has 3 heterocycles. The lowest BCUT2D eigenvalue weighted by atomic mass is 9.82. The number of benzene rings is 2. The highest BCUT2D eigenvalue weighted by atomic mass is 16.5. The quantitative estimate of drug-likeness (QED) is 0.449. The first-order valence-corrected chi connectivity index (χ1v) is 9.80. The summed E-state index contributed by atoms with van der Waals surface area (Å²) in [4.78, 5) is 25.1. The summed E-state index contributed by atoms with van der Waals surface area (Å²) in [5.41, 5.74) is 1.75. The fourth-order valence-corrected chi connectivity index (χ4v) is 4.57. The second-order valence-electron chi connectivity index (χ2n) is 7.95. The van der Waals surface area contributed by atoms with Gasteiger partial charge in [0.05, 0.1) is 19.5 Å². The van der Waals surface area contributed by atoms with Crippen molar-refractivity contribution < 1.29 is 18.8 Å². The topological polar surface area (TPSA) is 43.4 Å². The molecular formula is C23H26NO3+. The molecule has 3 fully saturated rings. The maximum Gasteiger partial charge on any atom is 0.310 e. The first kappa shape index (κ1) is 17.9. The number of piperidine rings is 3. The van der Waals surface area contributed by atoms with E-state index in [1.807, 2.05) is 60.7 Å². The smallest absolute Gasteiger partial charge is 0.310 e. The summed E-state index contributed by atoms with van der Waals surface area (Å²) in [6, 6.07) is 19.2. The van der Waals surface area contributed by atoms with Crippen LogP contribution in [0.25, 0.3) is 0 Å². The van der Waals surface area contributed by atoms with Crippen LogP contribution < -0.4 is 0 Å². The maximum atomic E-state index is 12.7. The van der Waals surface area contributed by atoms with E-state index in [0.717, 1.165) is 48.1 Å². The highest BCUT2D eigenvalue weighted by Crippen LogP contribution is 2.36. The molecule has 5 rings (SSSR count). The van der Waals surface area contributed by atoms with Crippen LogP contribution in [0.1, 0.15) is 28.8 Å². The van der Waals surface area contributed by atoms with Gasteiger partial charge in [-0.2, -0.15) is 0 Å².